The van der Waals surface area contributed by atoms with Crippen LogP contribution in [-0.2, 0) is 6.54 Å². The molecule has 122 valence electrons. The van der Waals surface area contributed by atoms with E-state index < -0.39 is 0 Å². The van der Waals surface area contributed by atoms with E-state index in [4.69, 9.17) is 0 Å². The minimum atomic E-state index is 0.0968. The predicted octanol–water partition coefficient (Wildman–Crippen LogP) is 4.96. The van der Waals surface area contributed by atoms with Crippen molar-refractivity contribution in [3.63, 3.8) is 0 Å². The number of aryl methyl sites for hydroxylation is 1. The zero-order chi connectivity index (χ0) is 16.3. The van der Waals surface area contributed by atoms with Crippen LogP contribution >= 0.6 is 0 Å². The molecule has 2 heteroatoms. The molecule has 0 aliphatic rings. The molecule has 0 N–H and O–H groups in total. The third kappa shape index (κ3) is 5.97. The third-order valence-corrected chi connectivity index (χ3v) is 4.18. The van der Waals surface area contributed by atoms with Crippen LogP contribution < -0.4 is 4.57 Å². The molecule has 2 nitrogen and oxygen atoms in total. The summed E-state index contributed by atoms with van der Waals surface area (Å²) in [5.74, 6) is 0.0968. The van der Waals surface area contributed by atoms with Gasteiger partial charge in [0.15, 0.2) is 18.2 Å². The first kappa shape index (κ1) is 17.4. The van der Waals surface area contributed by atoms with Crippen LogP contribution in [0, 0.1) is 0 Å². The Kier molecular flexibility index (Phi) is 7.51. The van der Waals surface area contributed by atoms with E-state index in [0.29, 0.717) is 0 Å². The summed E-state index contributed by atoms with van der Waals surface area (Å²) in [7, 11) is 0. The average molecular weight is 310 g/mol. The molecule has 0 saturated heterocycles. The molecule has 0 spiro atoms. The van der Waals surface area contributed by atoms with Gasteiger partial charge in [0.25, 0.3) is 0 Å². The van der Waals surface area contributed by atoms with Crippen LogP contribution in [0.15, 0.2) is 54.9 Å². The largest absolute Gasteiger partial charge is 0.288 e. The smallest absolute Gasteiger partial charge is 0.199 e. The van der Waals surface area contributed by atoms with Gasteiger partial charge >= 0.3 is 0 Å². The number of unbranched alkanes of at least 4 members (excludes halogenated alkanes) is 6. The Hall–Kier alpha value is -1.96. The Morgan fingerprint density at radius 1 is 0.826 bits per heavy atom. The Balaban J connectivity index is 1.82. The van der Waals surface area contributed by atoms with E-state index in [-0.39, 0.29) is 5.78 Å². The molecule has 2 rings (SSSR count). The van der Waals surface area contributed by atoms with E-state index in [1.165, 1.54) is 44.9 Å². The Morgan fingerprint density at radius 3 is 2.22 bits per heavy atom. The maximum Gasteiger partial charge on any atom is 0.199 e. The third-order valence-electron chi connectivity index (χ3n) is 4.18. The van der Waals surface area contributed by atoms with Gasteiger partial charge in [0, 0.05) is 18.1 Å². The van der Waals surface area contributed by atoms with Crippen molar-refractivity contribution in [1.29, 1.82) is 0 Å². The summed E-state index contributed by atoms with van der Waals surface area (Å²) in [6, 6.07) is 13.4. The van der Waals surface area contributed by atoms with Crippen LogP contribution in [0.5, 0.6) is 0 Å². The number of benzene rings is 1. The zero-order valence-electron chi connectivity index (χ0n) is 14.2. The topological polar surface area (TPSA) is 20.9 Å². The van der Waals surface area contributed by atoms with Gasteiger partial charge in [-0.3, -0.25) is 4.79 Å². The lowest BCUT2D eigenvalue weighted by Crippen LogP contribution is -2.33. The van der Waals surface area contributed by atoms with Gasteiger partial charge in [0.1, 0.15) is 6.54 Å². The summed E-state index contributed by atoms with van der Waals surface area (Å²) in [4.78, 5) is 12.5. The minimum Gasteiger partial charge on any atom is -0.288 e. The van der Waals surface area contributed by atoms with Crippen LogP contribution in [0.4, 0.5) is 0 Å². The van der Waals surface area contributed by atoms with E-state index in [1.807, 2.05) is 48.7 Å². The number of hydrogen-bond acceptors (Lipinski definition) is 1. The molecular formula is C21H28NO+. The number of rotatable bonds is 10. The van der Waals surface area contributed by atoms with Gasteiger partial charge in [-0.05, 0) is 12.5 Å². The molecule has 0 amide bonds. The molecule has 0 aliphatic carbocycles. The predicted molar refractivity (Wildman–Crippen MR) is 94.5 cm³/mol. The lowest BCUT2D eigenvalue weighted by atomic mass is 10.1. The van der Waals surface area contributed by atoms with Gasteiger partial charge in [-0.15, -0.1) is 0 Å². The first-order valence-electron chi connectivity index (χ1n) is 8.90. The minimum absolute atomic E-state index is 0.0968. The van der Waals surface area contributed by atoms with Crippen molar-refractivity contribution in [3.8, 4) is 0 Å². The molecule has 0 radical (unpaired) electrons. The average Bonchev–Trinajstić information content (AvgIpc) is 2.61. The van der Waals surface area contributed by atoms with E-state index in [1.54, 1.807) is 0 Å². The summed E-state index contributed by atoms with van der Waals surface area (Å²) in [5.41, 5.74) is 1.52. The van der Waals surface area contributed by atoms with Crippen molar-refractivity contribution in [2.75, 3.05) is 0 Å². The number of carbonyl (C=O) groups is 1. The summed E-state index contributed by atoms with van der Waals surface area (Å²) < 4.78 is 2.14. The van der Waals surface area contributed by atoms with Crippen molar-refractivity contribution in [1.82, 2.24) is 0 Å². The fraction of sp³-hybridized carbons (Fsp3) is 0.429. The summed E-state index contributed by atoms with van der Waals surface area (Å²) >= 11 is 0. The highest BCUT2D eigenvalue weighted by Crippen LogP contribution is 2.09. The fourth-order valence-corrected chi connectivity index (χ4v) is 2.80. The summed E-state index contributed by atoms with van der Waals surface area (Å²) in [6.07, 6.45) is 13.2. The molecule has 1 aromatic carbocycles. The Bertz CT molecular complexity index is 592. The van der Waals surface area contributed by atoms with Gasteiger partial charge in [0.2, 0.25) is 0 Å². The molecule has 0 fully saturated rings. The number of ketones is 1. The molecule has 0 aliphatic heterocycles. The second-order valence-electron chi connectivity index (χ2n) is 6.15. The number of hydrogen-bond donors (Lipinski definition) is 0. The van der Waals surface area contributed by atoms with Gasteiger partial charge in [-0.2, -0.15) is 0 Å². The normalized spacial score (nSPS) is 10.7. The van der Waals surface area contributed by atoms with E-state index in [2.05, 4.69) is 17.7 Å². The molecule has 0 unspecified atom stereocenters. The molecule has 0 saturated carbocycles. The van der Waals surface area contributed by atoms with Gasteiger partial charge in [-0.1, -0.05) is 69.4 Å². The van der Waals surface area contributed by atoms with Crippen LogP contribution in [0.25, 0.3) is 0 Å². The number of aromatic nitrogens is 1. The van der Waals surface area contributed by atoms with E-state index >= 15 is 0 Å². The Labute approximate surface area is 140 Å². The maximum absolute atomic E-state index is 12.5. The molecule has 0 bridgehead atoms. The highest BCUT2D eigenvalue weighted by Gasteiger charge is 2.12. The summed E-state index contributed by atoms with van der Waals surface area (Å²) in [6.45, 7) is 3.24. The number of pyridine rings is 1. The second kappa shape index (κ2) is 9.94. The number of carbonyl (C=O) groups excluding carboxylic acids is 1. The fourth-order valence-electron chi connectivity index (χ4n) is 2.80. The van der Waals surface area contributed by atoms with Crippen LogP contribution in [0.1, 0.15) is 67.8 Å². The summed E-state index contributed by atoms with van der Waals surface area (Å²) in [5, 5.41) is 0. The maximum atomic E-state index is 12.5. The van der Waals surface area contributed by atoms with Crippen molar-refractivity contribution in [2.24, 2.45) is 0 Å². The van der Waals surface area contributed by atoms with Crippen molar-refractivity contribution in [3.05, 3.63) is 66.0 Å². The highest BCUT2D eigenvalue weighted by atomic mass is 16.1. The Morgan fingerprint density at radius 2 is 1.48 bits per heavy atom. The monoisotopic (exact) mass is 310 g/mol. The van der Waals surface area contributed by atoms with Crippen LogP contribution in [-0.4, -0.2) is 5.78 Å². The quantitative estimate of drug-likeness (QED) is 0.345. The van der Waals surface area contributed by atoms with Crippen LogP contribution in [0.2, 0.25) is 0 Å². The van der Waals surface area contributed by atoms with E-state index in [9.17, 15) is 4.79 Å². The van der Waals surface area contributed by atoms with Crippen molar-refractivity contribution < 1.29 is 9.36 Å². The molecular weight excluding hydrogens is 282 g/mol. The number of nitrogens with zero attached hydrogens (tertiary/aromatic N) is 1. The van der Waals surface area contributed by atoms with Gasteiger partial charge in [0.05, 0.1) is 5.56 Å². The SMILES string of the molecule is CCCCCCCCC[n+]1cccc(C(=O)c2ccccc2)c1. The van der Waals surface area contributed by atoms with Crippen molar-refractivity contribution >= 4 is 5.78 Å². The molecule has 0 atom stereocenters. The molecule has 1 heterocycles. The standard InChI is InChI=1S/C21H28NO/c1-2-3-4-5-6-7-11-16-22-17-12-15-20(18-22)21(23)19-13-9-8-10-14-19/h8-10,12-15,17-18H,2-7,11,16H2,1H3/q+1. The molecule has 1 aromatic heterocycles. The van der Waals surface area contributed by atoms with Gasteiger partial charge in [-0.25, -0.2) is 4.57 Å². The van der Waals surface area contributed by atoms with E-state index in [0.717, 1.165) is 17.7 Å². The van der Waals surface area contributed by atoms with Crippen molar-refractivity contribution in [2.45, 2.75) is 58.4 Å². The second-order valence-corrected chi connectivity index (χ2v) is 6.15. The van der Waals surface area contributed by atoms with Crippen LogP contribution in [0.3, 0.4) is 0 Å². The lowest BCUT2D eigenvalue weighted by molar-refractivity contribution is -0.697. The first-order valence-corrected chi connectivity index (χ1v) is 8.90. The highest BCUT2D eigenvalue weighted by molar-refractivity contribution is 6.08. The molecule has 23 heavy (non-hydrogen) atoms. The van der Waals surface area contributed by atoms with Gasteiger partial charge < -0.3 is 0 Å². The molecule has 2 aromatic rings. The lowest BCUT2D eigenvalue weighted by Gasteiger charge is -2.02. The zero-order valence-corrected chi connectivity index (χ0v) is 14.2. The first-order chi connectivity index (χ1) is 11.3.